The minimum atomic E-state index is -2.12. The first-order valence-electron chi connectivity index (χ1n) is 10.2. The Balaban J connectivity index is 1.82. The van der Waals surface area contributed by atoms with Gasteiger partial charge in [0.25, 0.3) is 0 Å². The largest absolute Gasteiger partial charge is 0.460 e. The van der Waals surface area contributed by atoms with E-state index < -0.39 is 8.60 Å². The first-order valence-corrected chi connectivity index (χ1v) is 11.3. The maximum Gasteiger partial charge on any atom is 0.460 e. The van der Waals surface area contributed by atoms with E-state index in [2.05, 4.69) is 71.9 Å². The molecule has 3 aromatic carbocycles. The zero-order chi connectivity index (χ0) is 21.9. The average molecular weight is 423 g/mol. The second-order valence-electron chi connectivity index (χ2n) is 9.49. The van der Waals surface area contributed by atoms with Gasteiger partial charge in [0.05, 0.1) is 0 Å². The van der Waals surface area contributed by atoms with E-state index in [1.54, 1.807) is 0 Å². The first kappa shape index (κ1) is 22.3. The predicted molar refractivity (Wildman–Crippen MR) is 126 cm³/mol. The van der Waals surface area contributed by atoms with Crippen LogP contribution in [-0.2, 0) is 10.8 Å². The predicted octanol–water partition coefficient (Wildman–Crippen LogP) is 7.63. The molecular formula is C26H31O3P. The third-order valence-corrected chi connectivity index (χ3v) is 5.65. The number of hydrogen-bond donors (Lipinski definition) is 1. The van der Waals surface area contributed by atoms with Gasteiger partial charge in [0, 0.05) is 11.1 Å². The van der Waals surface area contributed by atoms with E-state index in [0.717, 1.165) is 22.3 Å². The fraction of sp³-hybridized carbons (Fsp3) is 0.308. The van der Waals surface area contributed by atoms with Crippen LogP contribution in [0.1, 0.15) is 52.7 Å². The Labute approximate surface area is 181 Å². The number of para-hydroxylation sites is 1. The van der Waals surface area contributed by atoms with Crippen molar-refractivity contribution in [3.05, 3.63) is 83.9 Å². The summed E-state index contributed by atoms with van der Waals surface area (Å²) >= 11 is 0. The van der Waals surface area contributed by atoms with E-state index in [-0.39, 0.29) is 10.8 Å². The minimum absolute atomic E-state index is 0.121. The molecule has 0 spiro atoms. The van der Waals surface area contributed by atoms with E-state index in [0.29, 0.717) is 11.5 Å². The summed E-state index contributed by atoms with van der Waals surface area (Å²) in [6.07, 6.45) is 0. The Morgan fingerprint density at radius 3 is 1.60 bits per heavy atom. The van der Waals surface area contributed by atoms with Crippen molar-refractivity contribution in [3.8, 4) is 22.6 Å². The van der Waals surface area contributed by atoms with Crippen LogP contribution >= 0.6 is 8.60 Å². The average Bonchev–Trinajstić information content (AvgIpc) is 2.67. The molecule has 158 valence electrons. The lowest BCUT2D eigenvalue weighted by Crippen LogP contribution is -2.19. The topological polar surface area (TPSA) is 38.7 Å². The highest BCUT2D eigenvalue weighted by Crippen LogP contribution is 2.46. The number of hydrogen-bond acceptors (Lipinski definition) is 3. The van der Waals surface area contributed by atoms with Crippen molar-refractivity contribution in [3.63, 3.8) is 0 Å². The molecule has 1 N–H and O–H groups in total. The summed E-state index contributed by atoms with van der Waals surface area (Å²) in [4.78, 5) is 10.6. The van der Waals surface area contributed by atoms with Crippen LogP contribution < -0.4 is 9.05 Å². The SMILES string of the molecule is CC(C)(C)c1cccc(C(C)(C)C)c1OP(O)Oc1ccc(-c2ccccc2)cc1. The number of benzene rings is 3. The third kappa shape index (κ3) is 5.41. The second-order valence-corrected chi connectivity index (χ2v) is 10.3. The fourth-order valence-corrected chi connectivity index (χ4v) is 4.03. The number of rotatable bonds is 5. The molecule has 0 aromatic heterocycles. The van der Waals surface area contributed by atoms with Crippen molar-refractivity contribution in [2.24, 2.45) is 0 Å². The van der Waals surface area contributed by atoms with Crippen molar-refractivity contribution in [2.45, 2.75) is 52.4 Å². The van der Waals surface area contributed by atoms with E-state index in [1.807, 2.05) is 42.5 Å². The van der Waals surface area contributed by atoms with Gasteiger partial charge in [-0.25, -0.2) is 0 Å². The third-order valence-electron chi connectivity index (χ3n) is 4.95. The van der Waals surface area contributed by atoms with Crippen LogP contribution in [0.25, 0.3) is 11.1 Å². The summed E-state index contributed by atoms with van der Waals surface area (Å²) in [5.74, 6) is 1.29. The summed E-state index contributed by atoms with van der Waals surface area (Å²) in [6.45, 7) is 12.9. The highest BCUT2D eigenvalue weighted by molar-refractivity contribution is 7.41. The van der Waals surface area contributed by atoms with E-state index in [9.17, 15) is 4.89 Å². The second kappa shape index (κ2) is 8.79. The molecule has 4 heteroatoms. The van der Waals surface area contributed by atoms with Gasteiger partial charge in [-0.2, -0.15) is 0 Å². The van der Waals surface area contributed by atoms with Crippen molar-refractivity contribution < 1.29 is 13.9 Å². The van der Waals surface area contributed by atoms with Crippen LogP contribution in [0.15, 0.2) is 72.8 Å². The van der Waals surface area contributed by atoms with E-state index in [4.69, 9.17) is 9.05 Å². The molecule has 0 aliphatic carbocycles. The standard InChI is InChI=1S/C26H31O3P/c1-25(2,3)22-13-10-14-23(26(4,5)6)24(22)29-30(27)28-21-17-15-20(16-18-21)19-11-8-7-9-12-19/h7-18,27H,1-6H3. The van der Waals surface area contributed by atoms with Crippen LogP contribution in [0.2, 0.25) is 0 Å². The molecule has 1 unspecified atom stereocenters. The fourth-order valence-electron chi connectivity index (χ4n) is 3.34. The summed E-state index contributed by atoms with van der Waals surface area (Å²) in [5.41, 5.74) is 4.10. The molecule has 0 fully saturated rings. The molecule has 0 aliphatic rings. The van der Waals surface area contributed by atoms with Gasteiger partial charge < -0.3 is 13.9 Å². The summed E-state index contributed by atoms with van der Waals surface area (Å²) in [5, 5.41) is 0. The quantitative estimate of drug-likeness (QED) is 0.430. The summed E-state index contributed by atoms with van der Waals surface area (Å²) < 4.78 is 11.8. The van der Waals surface area contributed by atoms with Crippen molar-refractivity contribution in [1.82, 2.24) is 0 Å². The van der Waals surface area contributed by atoms with Crippen LogP contribution in [0.3, 0.4) is 0 Å². The van der Waals surface area contributed by atoms with Crippen molar-refractivity contribution in [2.75, 3.05) is 0 Å². The molecule has 0 saturated carbocycles. The minimum Gasteiger partial charge on any atom is -0.418 e. The van der Waals surface area contributed by atoms with Crippen LogP contribution in [0.5, 0.6) is 11.5 Å². The van der Waals surface area contributed by atoms with Gasteiger partial charge in [-0.15, -0.1) is 0 Å². The Hall–Kier alpha value is -2.35. The highest BCUT2D eigenvalue weighted by atomic mass is 31.2. The van der Waals surface area contributed by atoms with Gasteiger partial charge in [0.1, 0.15) is 11.5 Å². The molecule has 3 aromatic rings. The smallest absolute Gasteiger partial charge is 0.418 e. The van der Waals surface area contributed by atoms with Crippen LogP contribution in [-0.4, -0.2) is 4.89 Å². The Bertz CT molecular complexity index is 936. The zero-order valence-electron chi connectivity index (χ0n) is 18.6. The molecule has 3 nitrogen and oxygen atoms in total. The lowest BCUT2D eigenvalue weighted by Gasteiger charge is -2.29. The lowest BCUT2D eigenvalue weighted by atomic mass is 9.80. The first-order chi connectivity index (χ1) is 14.1. The Morgan fingerprint density at radius 1 is 0.600 bits per heavy atom. The zero-order valence-corrected chi connectivity index (χ0v) is 19.5. The van der Waals surface area contributed by atoms with E-state index in [1.165, 1.54) is 0 Å². The summed E-state index contributed by atoms with van der Waals surface area (Å²) in [6, 6.07) is 24.0. The maximum absolute atomic E-state index is 10.6. The molecule has 0 bridgehead atoms. The van der Waals surface area contributed by atoms with Gasteiger partial charge >= 0.3 is 8.60 Å². The van der Waals surface area contributed by atoms with Gasteiger partial charge in [0.2, 0.25) is 0 Å². The normalized spacial score (nSPS) is 13.0. The van der Waals surface area contributed by atoms with E-state index >= 15 is 0 Å². The van der Waals surface area contributed by atoms with Crippen molar-refractivity contribution >= 4 is 8.60 Å². The molecule has 0 amide bonds. The molecule has 0 heterocycles. The van der Waals surface area contributed by atoms with Gasteiger partial charge in [-0.05, 0) is 34.1 Å². The monoisotopic (exact) mass is 422 g/mol. The van der Waals surface area contributed by atoms with Gasteiger partial charge in [-0.3, -0.25) is 0 Å². The van der Waals surface area contributed by atoms with Gasteiger partial charge in [-0.1, -0.05) is 102 Å². The van der Waals surface area contributed by atoms with Crippen molar-refractivity contribution in [1.29, 1.82) is 0 Å². The molecule has 30 heavy (non-hydrogen) atoms. The Kier molecular flexibility index (Phi) is 6.55. The Morgan fingerprint density at radius 2 is 1.10 bits per heavy atom. The van der Waals surface area contributed by atoms with Gasteiger partial charge in [0.15, 0.2) is 0 Å². The molecular weight excluding hydrogens is 391 g/mol. The van der Waals surface area contributed by atoms with Crippen LogP contribution in [0.4, 0.5) is 0 Å². The van der Waals surface area contributed by atoms with Crippen LogP contribution in [0, 0.1) is 0 Å². The maximum atomic E-state index is 10.6. The lowest BCUT2D eigenvalue weighted by molar-refractivity contribution is 0.370. The summed E-state index contributed by atoms with van der Waals surface area (Å²) in [7, 11) is -2.12. The molecule has 0 radical (unpaired) electrons. The molecule has 3 rings (SSSR count). The molecule has 0 aliphatic heterocycles. The molecule has 0 saturated heterocycles. The highest BCUT2D eigenvalue weighted by Gasteiger charge is 2.29. The molecule has 1 atom stereocenters.